The zero-order valence-corrected chi connectivity index (χ0v) is 27.2. The van der Waals surface area contributed by atoms with Crippen LogP contribution in [0.15, 0.2) is 58.3 Å². The minimum atomic E-state index is -4.84. The van der Waals surface area contributed by atoms with Crippen LogP contribution in [0.4, 0.5) is 26.3 Å². The molecule has 0 spiro atoms. The van der Waals surface area contributed by atoms with E-state index in [0.717, 1.165) is 42.8 Å². The van der Waals surface area contributed by atoms with Crippen LogP contribution in [-0.4, -0.2) is 65.1 Å². The predicted molar refractivity (Wildman–Crippen MR) is 151 cm³/mol. The minimum Gasteiger partial charge on any atom is -0.469 e. The maximum Gasteiger partial charge on any atom is 0.417 e. The van der Waals surface area contributed by atoms with Crippen molar-refractivity contribution >= 4 is 31.8 Å². The second-order valence-corrected chi connectivity index (χ2v) is 14.5. The van der Waals surface area contributed by atoms with Gasteiger partial charge in [-0.3, -0.25) is 9.59 Å². The highest BCUT2D eigenvalue weighted by atomic mass is 32.2. The fraction of sp³-hybridized carbons (Fsp3) is 0.500. The number of methoxy groups -OCH3 is 2. The number of benzene rings is 2. The van der Waals surface area contributed by atoms with E-state index in [9.17, 15) is 52.8 Å². The van der Waals surface area contributed by atoms with Crippen LogP contribution in [0, 0.1) is 5.41 Å². The number of alkyl halides is 6. The van der Waals surface area contributed by atoms with Gasteiger partial charge in [-0.25, -0.2) is 16.8 Å². The second kappa shape index (κ2) is 14.5. The summed E-state index contributed by atoms with van der Waals surface area (Å²) in [4.78, 5) is 21.7. The van der Waals surface area contributed by atoms with Crippen molar-refractivity contribution in [2.45, 2.75) is 68.7 Å². The molecule has 0 heterocycles. The predicted octanol–water partition coefficient (Wildman–Crippen LogP) is 5.74. The third kappa shape index (κ3) is 9.66. The normalized spacial score (nSPS) is 13.1. The molecule has 0 radical (unpaired) electrons. The first-order chi connectivity index (χ1) is 20.3. The minimum absolute atomic E-state index is 0.128. The van der Waals surface area contributed by atoms with Gasteiger partial charge >= 0.3 is 24.3 Å². The molecule has 0 saturated carbocycles. The van der Waals surface area contributed by atoms with E-state index in [0.29, 0.717) is 18.6 Å². The lowest BCUT2D eigenvalue weighted by atomic mass is 9.97. The van der Waals surface area contributed by atoms with E-state index in [1.54, 1.807) is 6.92 Å². The van der Waals surface area contributed by atoms with Gasteiger partial charge < -0.3 is 9.47 Å². The Kier molecular flexibility index (Phi) is 12.8. The number of sulfone groups is 1. The Labute approximate surface area is 258 Å². The van der Waals surface area contributed by atoms with Gasteiger partial charge in [0.2, 0.25) is 10.0 Å². The van der Waals surface area contributed by atoms with Gasteiger partial charge in [0.1, 0.15) is 5.54 Å². The summed E-state index contributed by atoms with van der Waals surface area (Å²) < 4.78 is 138. The zero-order chi connectivity index (χ0) is 35.2. The van der Waals surface area contributed by atoms with Crippen molar-refractivity contribution < 1.29 is 62.2 Å². The molecule has 2 rings (SSSR count). The molecule has 2 aromatic rings. The molecule has 0 saturated heterocycles. The summed E-state index contributed by atoms with van der Waals surface area (Å²) in [6.45, 7) is 6.71. The molecule has 0 fully saturated rings. The number of ether oxygens (including phenoxy) is 2. The number of sulfonamides is 1. The highest BCUT2D eigenvalue weighted by Gasteiger charge is 2.46. The number of carbonyl (C=O) groups is 2. The Hall–Kier alpha value is -3.18. The summed E-state index contributed by atoms with van der Waals surface area (Å²) in [6, 6.07) is 7.77. The molecule has 0 N–H and O–H groups in total. The van der Waals surface area contributed by atoms with Crippen molar-refractivity contribution in [1.82, 2.24) is 4.31 Å². The maximum absolute atomic E-state index is 13.2. The Balaban J connectivity index is 0.000000454. The summed E-state index contributed by atoms with van der Waals surface area (Å²) >= 11 is 0. The lowest BCUT2D eigenvalue weighted by Gasteiger charge is -2.35. The first-order valence-electron chi connectivity index (χ1n) is 13.1. The highest BCUT2D eigenvalue weighted by molar-refractivity contribution is 7.91. The Morgan fingerprint density at radius 1 is 0.711 bits per heavy atom. The molecule has 0 bridgehead atoms. The molecule has 0 unspecified atom stereocenters. The van der Waals surface area contributed by atoms with Crippen molar-refractivity contribution in [1.29, 1.82) is 0 Å². The van der Waals surface area contributed by atoms with Gasteiger partial charge in [0, 0.05) is 6.54 Å². The number of carbonyl (C=O) groups excluding carboxylic acids is 2. The van der Waals surface area contributed by atoms with E-state index in [1.165, 1.54) is 39.8 Å². The van der Waals surface area contributed by atoms with Gasteiger partial charge in [0.25, 0.3) is 0 Å². The van der Waals surface area contributed by atoms with E-state index in [-0.39, 0.29) is 6.54 Å². The van der Waals surface area contributed by atoms with Crippen molar-refractivity contribution in [3.63, 3.8) is 0 Å². The molecule has 0 aliphatic heterocycles. The van der Waals surface area contributed by atoms with Crippen molar-refractivity contribution in [3.8, 4) is 0 Å². The van der Waals surface area contributed by atoms with E-state index >= 15 is 0 Å². The quantitative estimate of drug-likeness (QED) is 0.229. The largest absolute Gasteiger partial charge is 0.469 e. The van der Waals surface area contributed by atoms with Crippen molar-refractivity contribution in [3.05, 3.63) is 59.7 Å². The number of esters is 2. The fourth-order valence-electron chi connectivity index (χ4n) is 4.16. The van der Waals surface area contributed by atoms with Crippen molar-refractivity contribution in [2.24, 2.45) is 5.41 Å². The van der Waals surface area contributed by atoms with Gasteiger partial charge in [0.05, 0.1) is 46.3 Å². The number of nitrogens with zero attached hydrogens (tertiary/aromatic N) is 1. The molecular formula is C28H35F6NO8S2. The average Bonchev–Trinajstić information content (AvgIpc) is 2.93. The third-order valence-corrected chi connectivity index (χ3v) is 10.6. The smallest absolute Gasteiger partial charge is 0.417 e. The number of halogens is 6. The number of hydrogen-bond donors (Lipinski definition) is 0. The molecule has 0 aliphatic carbocycles. The molecular weight excluding hydrogens is 656 g/mol. The van der Waals surface area contributed by atoms with Gasteiger partial charge in [-0.1, -0.05) is 31.2 Å². The Bertz CT molecular complexity index is 1570. The first-order valence-corrected chi connectivity index (χ1v) is 16.2. The summed E-state index contributed by atoms with van der Waals surface area (Å²) in [7, 11) is -6.71. The molecule has 9 nitrogen and oxygen atoms in total. The van der Waals surface area contributed by atoms with Crippen molar-refractivity contribution in [2.75, 3.05) is 26.5 Å². The molecule has 254 valence electrons. The molecule has 0 amide bonds. The Morgan fingerprint density at radius 3 is 1.51 bits per heavy atom. The second-order valence-electron chi connectivity index (χ2n) is 10.8. The van der Waals surface area contributed by atoms with Crippen LogP contribution in [-0.2, 0) is 51.3 Å². The Morgan fingerprint density at radius 2 is 1.11 bits per heavy atom. The van der Waals surface area contributed by atoms with E-state index in [4.69, 9.17) is 0 Å². The van der Waals surface area contributed by atoms with Crippen LogP contribution in [0.2, 0.25) is 0 Å². The summed E-state index contributed by atoms with van der Waals surface area (Å²) in [5.74, 6) is -2.45. The van der Waals surface area contributed by atoms with Crippen LogP contribution in [0.3, 0.4) is 0 Å². The highest BCUT2D eigenvalue weighted by Crippen LogP contribution is 2.38. The standard InChI is InChI=1S/C15H20F3NO4S.C13H15F3O4S/c1-5-10-19(14(2,3)13(20)23-4)24(21,22)12-9-7-6-8-11(12)15(16,17)18;1-12(2,11(17)20-3)8-21(18,19)10-7-5-4-6-9(10)13(14,15)16/h6-9H,5,10H2,1-4H3;4-7H,8H2,1-3H3. The van der Waals surface area contributed by atoms with Crippen LogP contribution in [0.25, 0.3) is 0 Å². The summed E-state index contributed by atoms with van der Waals surface area (Å²) in [5.41, 5.74) is -5.62. The summed E-state index contributed by atoms with van der Waals surface area (Å²) in [6.07, 6.45) is -9.32. The van der Waals surface area contributed by atoms with Gasteiger partial charge in [-0.05, 0) is 58.4 Å². The van der Waals surface area contributed by atoms with Crippen LogP contribution in [0.5, 0.6) is 0 Å². The van der Waals surface area contributed by atoms with E-state index in [1.807, 2.05) is 0 Å². The summed E-state index contributed by atoms with van der Waals surface area (Å²) in [5, 5.41) is 0. The van der Waals surface area contributed by atoms with Gasteiger partial charge in [0.15, 0.2) is 9.84 Å². The SMILES string of the molecule is CCCN(C(C)(C)C(=O)OC)S(=O)(=O)c1ccccc1C(F)(F)F.COC(=O)C(C)(C)CS(=O)(=O)c1ccccc1C(F)(F)F. The molecule has 0 atom stereocenters. The van der Waals surface area contributed by atoms with Gasteiger partial charge in [-0.2, -0.15) is 30.6 Å². The van der Waals surface area contributed by atoms with Crippen LogP contribution >= 0.6 is 0 Å². The number of rotatable bonds is 10. The third-order valence-electron chi connectivity index (χ3n) is 6.31. The number of hydrogen-bond acceptors (Lipinski definition) is 8. The van der Waals surface area contributed by atoms with Crippen LogP contribution in [0.1, 0.15) is 52.2 Å². The average molecular weight is 692 g/mol. The molecule has 0 aliphatic rings. The molecule has 17 heteroatoms. The lowest BCUT2D eigenvalue weighted by molar-refractivity contribution is -0.150. The molecule has 2 aromatic carbocycles. The molecule has 0 aromatic heterocycles. The first kappa shape index (κ1) is 39.8. The van der Waals surface area contributed by atoms with Gasteiger partial charge in [-0.15, -0.1) is 0 Å². The van der Waals surface area contributed by atoms with Crippen LogP contribution < -0.4 is 0 Å². The zero-order valence-electron chi connectivity index (χ0n) is 25.5. The topological polar surface area (TPSA) is 124 Å². The van der Waals surface area contributed by atoms with E-state index in [2.05, 4.69) is 9.47 Å². The molecule has 45 heavy (non-hydrogen) atoms. The fourth-order valence-corrected chi connectivity index (χ4v) is 8.24. The van der Waals surface area contributed by atoms with E-state index < -0.39 is 81.8 Å². The monoisotopic (exact) mass is 691 g/mol. The lowest BCUT2D eigenvalue weighted by Crippen LogP contribution is -2.53. The maximum atomic E-state index is 13.2.